The van der Waals surface area contributed by atoms with Gasteiger partial charge in [0, 0.05) is 22.6 Å². The SMILES string of the molecule is Nc1nc(C(ON=CC(=O)NC2SC3CC(=O)N3C(C(=O)O)=C2C=CC[n+]2ccn3ncccc32)(C(=O)O)c2ccc(O)c(O)c2)cs1. The minimum absolute atomic E-state index is 0.00350. The number of thiazole rings is 1. The van der Waals surface area contributed by atoms with Crippen molar-refractivity contribution in [3.05, 3.63) is 89.0 Å². The Balaban J connectivity index is 1.27. The van der Waals surface area contributed by atoms with Crippen LogP contribution in [0.5, 0.6) is 11.5 Å². The molecule has 0 aliphatic carbocycles. The van der Waals surface area contributed by atoms with Gasteiger partial charge in [0.1, 0.15) is 35.7 Å². The number of phenols is 2. The lowest BCUT2D eigenvalue weighted by atomic mass is 9.90. The van der Waals surface area contributed by atoms with E-state index in [4.69, 9.17) is 10.6 Å². The molecule has 1 fully saturated rings. The number of nitrogens with two attached hydrogens (primary N) is 1. The van der Waals surface area contributed by atoms with Crippen LogP contribution in [0.4, 0.5) is 5.13 Å². The number of nitrogen functional groups attached to an aromatic ring is 1. The van der Waals surface area contributed by atoms with Crippen molar-refractivity contribution in [3.8, 4) is 11.5 Å². The van der Waals surface area contributed by atoms with Gasteiger partial charge < -0.3 is 36.3 Å². The highest BCUT2D eigenvalue weighted by atomic mass is 32.2. The first-order valence-corrected chi connectivity index (χ1v) is 15.7. The molecule has 3 unspecified atom stereocenters. The Morgan fingerprint density at radius 3 is 2.73 bits per heavy atom. The number of aliphatic carboxylic acids is 2. The van der Waals surface area contributed by atoms with Crippen LogP contribution < -0.4 is 15.6 Å². The van der Waals surface area contributed by atoms with Crippen LogP contribution in [0.15, 0.2) is 82.9 Å². The van der Waals surface area contributed by atoms with Gasteiger partial charge in [0.15, 0.2) is 22.8 Å². The van der Waals surface area contributed by atoms with Crippen molar-refractivity contribution in [2.75, 3.05) is 5.73 Å². The zero-order chi connectivity index (χ0) is 34.2. The first-order valence-electron chi connectivity index (χ1n) is 13.9. The summed E-state index contributed by atoms with van der Waals surface area (Å²) in [7, 11) is 0. The second-order valence-electron chi connectivity index (χ2n) is 10.3. The highest BCUT2D eigenvalue weighted by Crippen LogP contribution is 2.44. The van der Waals surface area contributed by atoms with Gasteiger partial charge in [0.25, 0.3) is 5.91 Å². The molecule has 2 aliphatic rings. The number of aromatic nitrogens is 4. The molecule has 1 saturated heterocycles. The lowest BCUT2D eigenvalue weighted by molar-refractivity contribution is -0.660. The predicted molar refractivity (Wildman–Crippen MR) is 168 cm³/mol. The Hall–Kier alpha value is -5.95. The normalized spacial score (nSPS) is 18.9. The fraction of sp³-hybridized carbons (Fsp3) is 0.172. The Morgan fingerprint density at radius 2 is 2.04 bits per heavy atom. The average Bonchev–Trinajstić information content (AvgIpc) is 3.67. The molecule has 19 heteroatoms. The minimum atomic E-state index is -2.50. The zero-order valence-corrected chi connectivity index (χ0v) is 26.0. The topological polar surface area (TPSA) is 246 Å². The van der Waals surface area contributed by atoms with Crippen LogP contribution in [0.25, 0.3) is 5.65 Å². The number of hydrogen-bond donors (Lipinski definition) is 6. The van der Waals surface area contributed by atoms with Crippen molar-refractivity contribution < 1.29 is 49.0 Å². The number of hydrogen-bond acceptors (Lipinski definition) is 13. The van der Waals surface area contributed by atoms with E-state index in [1.54, 1.807) is 35.2 Å². The summed E-state index contributed by atoms with van der Waals surface area (Å²) in [6.45, 7) is 0.307. The smallest absolute Gasteiger partial charge is 0.362 e. The number of thioether (sulfide) groups is 1. The van der Waals surface area contributed by atoms with Gasteiger partial charge in [-0.3, -0.25) is 14.5 Å². The largest absolute Gasteiger partial charge is 0.504 e. The van der Waals surface area contributed by atoms with Crippen molar-refractivity contribution in [3.63, 3.8) is 0 Å². The summed E-state index contributed by atoms with van der Waals surface area (Å²) in [6.07, 6.45) is 9.10. The number of carboxylic acids is 2. The summed E-state index contributed by atoms with van der Waals surface area (Å²) in [4.78, 5) is 61.2. The number of allylic oxidation sites excluding steroid dienone is 1. The molecule has 2 amide bonds. The van der Waals surface area contributed by atoms with Gasteiger partial charge in [-0.25, -0.2) is 19.1 Å². The molecule has 2 aliphatic heterocycles. The van der Waals surface area contributed by atoms with Gasteiger partial charge in [-0.05, 0) is 30.3 Å². The van der Waals surface area contributed by atoms with Crippen molar-refractivity contribution in [2.45, 2.75) is 29.3 Å². The van der Waals surface area contributed by atoms with E-state index in [-0.39, 0.29) is 40.0 Å². The monoisotopic (exact) mass is 693 g/mol. The maximum Gasteiger partial charge on any atom is 0.362 e. The molecule has 17 nitrogen and oxygen atoms in total. The summed E-state index contributed by atoms with van der Waals surface area (Å²) in [5.74, 6) is -5.41. The first-order chi connectivity index (χ1) is 23.0. The number of fused-ring (bicyclic) bond motifs is 2. The zero-order valence-electron chi connectivity index (χ0n) is 24.4. The number of carbonyl (C=O) groups excluding carboxylic acids is 2. The molecular formula is C29H25N8O9S2+. The number of imidazole rings is 1. The molecule has 7 N–H and O–H groups in total. The average molecular weight is 694 g/mol. The van der Waals surface area contributed by atoms with Gasteiger partial charge in [-0.1, -0.05) is 16.3 Å². The molecule has 5 heterocycles. The number of anilines is 1. The summed E-state index contributed by atoms with van der Waals surface area (Å²) >= 11 is 2.06. The number of β-lactam (4-membered cyclic amide) rings is 1. The molecule has 0 bridgehead atoms. The number of carboxylic acid groups (broad SMARTS) is 2. The first kappa shape index (κ1) is 32.0. The van der Waals surface area contributed by atoms with E-state index >= 15 is 0 Å². The van der Waals surface area contributed by atoms with Crippen LogP contribution in [0.1, 0.15) is 17.7 Å². The molecular weight excluding hydrogens is 669 g/mol. The summed E-state index contributed by atoms with van der Waals surface area (Å²) in [5.41, 5.74) is 3.45. The number of phenolic OH excluding ortho intramolecular Hbond substituents is 2. The van der Waals surface area contributed by atoms with Crippen LogP contribution >= 0.6 is 23.1 Å². The molecule has 0 radical (unpaired) electrons. The summed E-state index contributed by atoms with van der Waals surface area (Å²) in [5, 5.41) is 50.6. The van der Waals surface area contributed by atoms with Crippen LogP contribution in [0.2, 0.25) is 0 Å². The van der Waals surface area contributed by atoms with Crippen molar-refractivity contribution >= 4 is 63.8 Å². The minimum Gasteiger partial charge on any atom is -0.504 e. The Morgan fingerprint density at radius 1 is 1.23 bits per heavy atom. The summed E-state index contributed by atoms with van der Waals surface area (Å²) < 4.78 is 3.51. The third kappa shape index (κ3) is 5.75. The Kier molecular flexibility index (Phi) is 8.46. The predicted octanol–water partition coefficient (Wildman–Crippen LogP) is 0.745. The van der Waals surface area contributed by atoms with E-state index < -0.39 is 45.7 Å². The molecule has 0 spiro atoms. The highest BCUT2D eigenvalue weighted by molar-refractivity contribution is 8.00. The van der Waals surface area contributed by atoms with Crippen LogP contribution in [-0.4, -0.2) is 80.6 Å². The lowest BCUT2D eigenvalue weighted by Gasteiger charge is -2.46. The third-order valence-electron chi connectivity index (χ3n) is 7.44. The number of nitrogens with zero attached hydrogens (tertiary/aromatic N) is 6. The van der Waals surface area contributed by atoms with E-state index in [1.807, 2.05) is 10.6 Å². The van der Waals surface area contributed by atoms with Gasteiger partial charge in [-0.2, -0.15) is 0 Å². The number of benzene rings is 1. The molecule has 3 aromatic heterocycles. The van der Waals surface area contributed by atoms with Crippen LogP contribution in [0.3, 0.4) is 0 Å². The van der Waals surface area contributed by atoms with E-state index in [9.17, 15) is 39.6 Å². The third-order valence-corrected chi connectivity index (χ3v) is 9.45. The standard InChI is InChI=1S/C29H24N8O9S2/c30-28-33-19(14-47-28)29(27(44)45,15-5-6-17(38)18(39)11-15)46-32-13-20(40)34-25-16(24(26(42)43)37-22(41)12-23(37)48-25)3-2-8-35-9-10-36-21(35)4-1-7-31-36/h1-7,9-11,13-14,23,25,31H,8,12H2,(H5,30,33,34,40,42,43,44,45)/p+1. The Bertz CT molecular complexity index is 2060. The highest BCUT2D eigenvalue weighted by Gasteiger charge is 2.50. The van der Waals surface area contributed by atoms with Gasteiger partial charge >= 0.3 is 23.2 Å². The second-order valence-corrected chi connectivity index (χ2v) is 12.5. The molecule has 246 valence electrons. The maximum atomic E-state index is 13.1. The van der Waals surface area contributed by atoms with Crippen LogP contribution in [0, 0.1) is 0 Å². The summed E-state index contributed by atoms with van der Waals surface area (Å²) in [6, 6.07) is 6.78. The number of amides is 2. The number of carbonyl (C=O) groups is 4. The lowest BCUT2D eigenvalue weighted by Crippen LogP contribution is -2.57. The van der Waals surface area contributed by atoms with Crippen LogP contribution in [-0.2, 0) is 36.2 Å². The van der Waals surface area contributed by atoms with Crippen molar-refractivity contribution in [2.24, 2.45) is 5.16 Å². The molecule has 0 saturated carbocycles. The Labute approximate surface area is 277 Å². The van der Waals surface area contributed by atoms with E-state index in [0.717, 1.165) is 40.9 Å². The van der Waals surface area contributed by atoms with Gasteiger partial charge in [0.05, 0.1) is 18.0 Å². The van der Waals surface area contributed by atoms with Gasteiger partial charge in [0.2, 0.25) is 5.91 Å². The number of aromatic hydroxyl groups is 2. The number of rotatable bonds is 11. The van der Waals surface area contributed by atoms with Crippen molar-refractivity contribution in [1.29, 1.82) is 0 Å². The number of oxime groups is 1. The second kappa shape index (κ2) is 12.7. The van der Waals surface area contributed by atoms with E-state index in [2.05, 4.69) is 20.6 Å². The van der Waals surface area contributed by atoms with Crippen molar-refractivity contribution in [1.82, 2.24) is 24.8 Å². The molecule has 1 aromatic carbocycles. The molecule has 6 rings (SSSR count). The van der Waals surface area contributed by atoms with E-state index in [1.165, 1.54) is 22.4 Å². The van der Waals surface area contributed by atoms with Gasteiger partial charge in [-0.15, -0.1) is 27.6 Å². The molecule has 4 aromatic rings. The quantitative estimate of drug-likeness (QED) is 0.0418. The maximum absolute atomic E-state index is 13.1. The fourth-order valence-electron chi connectivity index (χ4n) is 5.18. The fourth-order valence-corrected chi connectivity index (χ4v) is 7.20. The number of nitrogens with one attached hydrogen (secondary N) is 1. The van der Waals surface area contributed by atoms with E-state index in [0.29, 0.717) is 12.8 Å². The molecule has 3 atom stereocenters. The molecule has 48 heavy (non-hydrogen) atoms.